The molecule has 6 heteroatoms. The number of carbonyl (C=O) groups is 2. The fourth-order valence-corrected chi connectivity index (χ4v) is 2.22. The predicted molar refractivity (Wildman–Crippen MR) is 61.2 cm³/mol. The molecule has 0 bridgehead atoms. The van der Waals surface area contributed by atoms with Crippen LogP contribution in [0.4, 0.5) is 9.80 Å². The van der Waals surface area contributed by atoms with Crippen LogP contribution >= 0.6 is 11.3 Å². The highest BCUT2D eigenvalue weighted by Gasteiger charge is 2.24. The van der Waals surface area contributed by atoms with Gasteiger partial charge in [-0.15, -0.1) is 11.3 Å². The summed E-state index contributed by atoms with van der Waals surface area (Å²) < 4.78 is 0. The number of carboxylic acids is 1. The lowest BCUT2D eigenvalue weighted by Crippen LogP contribution is -2.30. The molecule has 1 heterocycles. The SMILES string of the molecule is Cc1cc(C(=O)O)c(NC(=O)NC2CC2)s1. The standard InChI is InChI=1S/C10H12N2O3S/c1-5-4-7(9(13)14)8(16-5)12-10(15)11-6-2-3-6/h4,6H,2-3H2,1H3,(H,13,14)(H2,11,12,15). The molecule has 1 aliphatic rings. The molecule has 1 aromatic heterocycles. The van der Waals surface area contributed by atoms with E-state index in [2.05, 4.69) is 10.6 Å². The van der Waals surface area contributed by atoms with Crippen molar-refractivity contribution in [1.29, 1.82) is 0 Å². The molecule has 0 aliphatic heterocycles. The molecule has 1 saturated carbocycles. The molecule has 3 N–H and O–H groups in total. The monoisotopic (exact) mass is 240 g/mol. The molecular formula is C10H12N2O3S. The summed E-state index contributed by atoms with van der Waals surface area (Å²) in [6, 6.07) is 1.49. The Morgan fingerprint density at radius 2 is 2.19 bits per heavy atom. The number of carboxylic acid groups (broad SMARTS) is 1. The van der Waals surface area contributed by atoms with Gasteiger partial charge >= 0.3 is 12.0 Å². The summed E-state index contributed by atoms with van der Waals surface area (Å²) in [5.74, 6) is -1.02. The number of hydrogen-bond acceptors (Lipinski definition) is 3. The van der Waals surface area contributed by atoms with Crippen LogP contribution in [-0.4, -0.2) is 23.1 Å². The van der Waals surface area contributed by atoms with Gasteiger partial charge in [-0.3, -0.25) is 5.32 Å². The minimum atomic E-state index is -1.02. The smallest absolute Gasteiger partial charge is 0.338 e. The number of hydrogen-bond donors (Lipinski definition) is 3. The Morgan fingerprint density at radius 1 is 1.50 bits per heavy atom. The van der Waals surface area contributed by atoms with Gasteiger partial charge in [0.25, 0.3) is 0 Å². The fraction of sp³-hybridized carbons (Fsp3) is 0.400. The number of carbonyl (C=O) groups excluding carboxylic acids is 1. The molecule has 1 fully saturated rings. The van der Waals surface area contributed by atoms with E-state index in [-0.39, 0.29) is 17.6 Å². The van der Waals surface area contributed by atoms with Gasteiger partial charge in [-0.2, -0.15) is 0 Å². The second-order valence-corrected chi connectivity index (χ2v) is 5.03. The van der Waals surface area contributed by atoms with E-state index in [0.29, 0.717) is 5.00 Å². The van der Waals surface area contributed by atoms with Crippen LogP contribution < -0.4 is 10.6 Å². The van der Waals surface area contributed by atoms with Gasteiger partial charge in [0.15, 0.2) is 0 Å². The van der Waals surface area contributed by atoms with Crippen LogP contribution in [0, 0.1) is 6.92 Å². The van der Waals surface area contributed by atoms with Gasteiger partial charge in [-0.1, -0.05) is 0 Å². The molecule has 0 saturated heterocycles. The Morgan fingerprint density at radius 3 is 2.75 bits per heavy atom. The second-order valence-electron chi connectivity index (χ2n) is 3.78. The van der Waals surface area contributed by atoms with Crippen molar-refractivity contribution in [3.8, 4) is 0 Å². The highest BCUT2D eigenvalue weighted by Crippen LogP contribution is 2.27. The first kappa shape index (κ1) is 10.9. The third kappa shape index (κ3) is 2.52. The minimum absolute atomic E-state index is 0.147. The molecule has 16 heavy (non-hydrogen) atoms. The summed E-state index contributed by atoms with van der Waals surface area (Å²) in [7, 11) is 0. The van der Waals surface area contributed by atoms with Crippen molar-refractivity contribution in [3.63, 3.8) is 0 Å². The van der Waals surface area contributed by atoms with Crippen LogP contribution in [0.2, 0.25) is 0 Å². The van der Waals surface area contributed by atoms with Crippen LogP contribution in [0.25, 0.3) is 0 Å². The van der Waals surface area contributed by atoms with Crippen LogP contribution in [0.1, 0.15) is 28.1 Å². The Kier molecular flexibility index (Phi) is 2.82. The lowest BCUT2D eigenvalue weighted by atomic mass is 10.3. The molecule has 0 spiro atoms. The van der Waals surface area contributed by atoms with Crippen molar-refractivity contribution in [2.45, 2.75) is 25.8 Å². The molecule has 86 valence electrons. The normalized spacial score (nSPS) is 14.6. The topological polar surface area (TPSA) is 78.4 Å². The molecule has 0 unspecified atom stereocenters. The lowest BCUT2D eigenvalue weighted by Gasteiger charge is -2.04. The Balaban J connectivity index is 2.06. The van der Waals surface area contributed by atoms with Gasteiger partial charge in [0.05, 0.1) is 5.56 Å². The first-order valence-corrected chi connectivity index (χ1v) is 5.79. The molecule has 0 atom stereocenters. The maximum absolute atomic E-state index is 11.4. The molecule has 2 amide bonds. The number of amides is 2. The lowest BCUT2D eigenvalue weighted by molar-refractivity contribution is 0.0698. The number of anilines is 1. The third-order valence-electron chi connectivity index (χ3n) is 2.23. The summed E-state index contributed by atoms with van der Waals surface area (Å²) in [5.41, 5.74) is 0.147. The largest absolute Gasteiger partial charge is 0.478 e. The first-order chi connectivity index (χ1) is 7.56. The average Bonchev–Trinajstić information content (AvgIpc) is 2.89. The molecule has 1 aliphatic carbocycles. The van der Waals surface area contributed by atoms with Gasteiger partial charge < -0.3 is 10.4 Å². The fourth-order valence-electron chi connectivity index (χ4n) is 1.32. The van der Waals surface area contributed by atoms with E-state index in [1.54, 1.807) is 13.0 Å². The second kappa shape index (κ2) is 4.13. The molecule has 0 radical (unpaired) electrons. The number of thiophene rings is 1. The summed E-state index contributed by atoms with van der Waals surface area (Å²) in [6.07, 6.45) is 2.01. The van der Waals surface area contributed by atoms with E-state index in [1.165, 1.54) is 11.3 Å². The molecule has 1 aromatic rings. The highest BCUT2D eigenvalue weighted by molar-refractivity contribution is 7.16. The van der Waals surface area contributed by atoms with Crippen molar-refractivity contribution < 1.29 is 14.7 Å². The van der Waals surface area contributed by atoms with E-state index in [4.69, 9.17) is 5.11 Å². The zero-order valence-corrected chi connectivity index (χ0v) is 9.56. The van der Waals surface area contributed by atoms with Crippen molar-refractivity contribution in [2.75, 3.05) is 5.32 Å². The van der Waals surface area contributed by atoms with Crippen molar-refractivity contribution in [2.24, 2.45) is 0 Å². The van der Waals surface area contributed by atoms with Gasteiger partial charge in [-0.25, -0.2) is 9.59 Å². The number of rotatable bonds is 3. The Bertz CT molecular complexity index is 437. The zero-order chi connectivity index (χ0) is 11.7. The van der Waals surface area contributed by atoms with Gasteiger partial charge in [0.2, 0.25) is 0 Å². The van der Waals surface area contributed by atoms with Gasteiger partial charge in [0.1, 0.15) is 5.00 Å². The van der Waals surface area contributed by atoms with Gasteiger partial charge in [-0.05, 0) is 25.8 Å². The molecule has 5 nitrogen and oxygen atoms in total. The van der Waals surface area contributed by atoms with Crippen molar-refractivity contribution >= 4 is 28.3 Å². The van der Waals surface area contributed by atoms with Crippen LogP contribution in [-0.2, 0) is 0 Å². The van der Waals surface area contributed by atoms with Crippen LogP contribution in [0.15, 0.2) is 6.07 Å². The number of urea groups is 1. The molecular weight excluding hydrogens is 228 g/mol. The third-order valence-corrected chi connectivity index (χ3v) is 3.19. The van der Waals surface area contributed by atoms with Crippen molar-refractivity contribution in [3.05, 3.63) is 16.5 Å². The van der Waals surface area contributed by atoms with E-state index in [9.17, 15) is 9.59 Å². The van der Waals surface area contributed by atoms with Crippen LogP contribution in [0.3, 0.4) is 0 Å². The van der Waals surface area contributed by atoms with Crippen LogP contribution in [0.5, 0.6) is 0 Å². The van der Waals surface area contributed by atoms with Gasteiger partial charge in [0, 0.05) is 10.9 Å². The Hall–Kier alpha value is -1.56. The zero-order valence-electron chi connectivity index (χ0n) is 8.74. The molecule has 0 aromatic carbocycles. The van der Waals surface area contributed by atoms with E-state index >= 15 is 0 Å². The Labute approximate surface area is 96.5 Å². The maximum Gasteiger partial charge on any atom is 0.338 e. The summed E-state index contributed by atoms with van der Waals surface area (Å²) in [4.78, 5) is 23.2. The summed E-state index contributed by atoms with van der Waals surface area (Å²) in [5, 5.41) is 14.6. The maximum atomic E-state index is 11.4. The highest BCUT2D eigenvalue weighted by atomic mass is 32.1. The number of aryl methyl sites for hydroxylation is 1. The molecule has 2 rings (SSSR count). The van der Waals surface area contributed by atoms with E-state index in [1.807, 2.05) is 0 Å². The average molecular weight is 240 g/mol. The predicted octanol–water partition coefficient (Wildman–Crippen LogP) is 2.04. The summed E-state index contributed by atoms with van der Waals surface area (Å²) in [6.45, 7) is 1.81. The number of aromatic carboxylic acids is 1. The first-order valence-electron chi connectivity index (χ1n) is 4.97. The van der Waals surface area contributed by atoms with Crippen molar-refractivity contribution in [1.82, 2.24) is 5.32 Å². The van der Waals surface area contributed by atoms with E-state index in [0.717, 1.165) is 17.7 Å². The number of nitrogens with one attached hydrogen (secondary N) is 2. The quantitative estimate of drug-likeness (QED) is 0.756. The van der Waals surface area contributed by atoms with E-state index < -0.39 is 5.97 Å². The minimum Gasteiger partial charge on any atom is -0.478 e. The summed E-state index contributed by atoms with van der Waals surface area (Å²) >= 11 is 1.27.